The second-order valence-electron chi connectivity index (χ2n) is 3.92. The topological polar surface area (TPSA) is 52.8 Å². The number of ether oxygens (including phenoxy) is 2. The second-order valence-corrected chi connectivity index (χ2v) is 4.79. The molecule has 0 amide bonds. The summed E-state index contributed by atoms with van der Waals surface area (Å²) in [5, 5.41) is 1.89. The fraction of sp³-hybridized carbons (Fsp3) is 0.455. The number of rotatable bonds is 4. The van der Waals surface area contributed by atoms with Gasteiger partial charge in [0.05, 0.1) is 6.10 Å². The largest absolute Gasteiger partial charge is 0.473 e. The number of hydrogen-bond donors (Lipinski definition) is 0. The third-order valence-corrected chi connectivity index (χ3v) is 3.56. The standard InChI is InChI=1S/C11H12N2O3S/c14-6-9-10(12-11-13(9)3-5-17-11)16-7-8-2-1-4-15-8/h3,5-6,8H,1-2,4,7H2. The Morgan fingerprint density at radius 2 is 2.65 bits per heavy atom. The molecule has 0 saturated carbocycles. The Hall–Kier alpha value is -1.40. The smallest absolute Gasteiger partial charge is 0.244 e. The van der Waals surface area contributed by atoms with Gasteiger partial charge in [-0.05, 0) is 12.8 Å². The number of nitrogens with zero attached hydrogens (tertiary/aromatic N) is 2. The van der Waals surface area contributed by atoms with Crippen LogP contribution < -0.4 is 4.74 Å². The van der Waals surface area contributed by atoms with E-state index in [-0.39, 0.29) is 6.10 Å². The minimum Gasteiger partial charge on any atom is -0.473 e. The van der Waals surface area contributed by atoms with E-state index in [9.17, 15) is 4.79 Å². The van der Waals surface area contributed by atoms with Crippen LogP contribution in [-0.2, 0) is 4.74 Å². The number of aldehydes is 1. The van der Waals surface area contributed by atoms with Crippen LogP contribution in [0.25, 0.3) is 4.96 Å². The number of thiazole rings is 1. The van der Waals surface area contributed by atoms with E-state index in [1.807, 2.05) is 11.6 Å². The average Bonchev–Trinajstić information content (AvgIpc) is 3.02. The van der Waals surface area contributed by atoms with Crippen LogP contribution >= 0.6 is 11.3 Å². The molecule has 2 aromatic rings. The molecule has 5 nitrogen and oxygen atoms in total. The third-order valence-electron chi connectivity index (χ3n) is 2.81. The molecule has 1 saturated heterocycles. The lowest BCUT2D eigenvalue weighted by Gasteiger charge is -2.09. The minimum absolute atomic E-state index is 0.134. The molecule has 0 spiro atoms. The van der Waals surface area contributed by atoms with Crippen LogP contribution in [0, 0.1) is 0 Å². The van der Waals surface area contributed by atoms with E-state index in [4.69, 9.17) is 9.47 Å². The fourth-order valence-corrected chi connectivity index (χ4v) is 2.66. The molecular weight excluding hydrogens is 240 g/mol. The van der Waals surface area contributed by atoms with Crippen LogP contribution in [-0.4, -0.2) is 35.0 Å². The van der Waals surface area contributed by atoms with E-state index in [2.05, 4.69) is 4.98 Å². The molecule has 1 unspecified atom stereocenters. The van der Waals surface area contributed by atoms with Gasteiger partial charge in [-0.3, -0.25) is 9.20 Å². The molecular formula is C11H12N2O3S. The van der Waals surface area contributed by atoms with Crippen molar-refractivity contribution in [2.24, 2.45) is 0 Å². The molecule has 1 atom stereocenters. The average molecular weight is 252 g/mol. The Balaban J connectivity index is 1.79. The zero-order chi connectivity index (χ0) is 11.7. The number of imidazole rings is 1. The lowest BCUT2D eigenvalue weighted by Crippen LogP contribution is -2.17. The van der Waals surface area contributed by atoms with Gasteiger partial charge in [-0.1, -0.05) is 0 Å². The zero-order valence-corrected chi connectivity index (χ0v) is 9.98. The summed E-state index contributed by atoms with van der Waals surface area (Å²) >= 11 is 1.48. The molecule has 0 aromatic carbocycles. The number of carbonyl (C=O) groups excluding carboxylic acids is 1. The molecule has 1 aliphatic rings. The SMILES string of the molecule is O=Cc1c(OCC2CCCO2)nc2sccn12. The summed E-state index contributed by atoms with van der Waals surface area (Å²) in [5.41, 5.74) is 0.472. The molecule has 0 aliphatic carbocycles. The quantitative estimate of drug-likeness (QED) is 0.778. The van der Waals surface area contributed by atoms with Crippen molar-refractivity contribution in [2.75, 3.05) is 13.2 Å². The predicted molar refractivity (Wildman–Crippen MR) is 62.9 cm³/mol. The first-order valence-corrected chi connectivity index (χ1v) is 6.41. The third kappa shape index (κ3) is 1.94. The number of fused-ring (bicyclic) bond motifs is 1. The van der Waals surface area contributed by atoms with Crippen LogP contribution in [0.1, 0.15) is 23.3 Å². The molecule has 0 radical (unpaired) electrons. The van der Waals surface area contributed by atoms with Gasteiger partial charge in [0.1, 0.15) is 6.61 Å². The highest BCUT2D eigenvalue weighted by molar-refractivity contribution is 7.15. The summed E-state index contributed by atoms with van der Waals surface area (Å²) in [5.74, 6) is 0.405. The predicted octanol–water partition coefficient (Wildman–Crippen LogP) is 1.77. The zero-order valence-electron chi connectivity index (χ0n) is 9.17. The summed E-state index contributed by atoms with van der Waals surface area (Å²) in [4.78, 5) is 16.1. The molecule has 0 bridgehead atoms. The molecule has 2 aromatic heterocycles. The van der Waals surface area contributed by atoms with Crippen LogP contribution in [0.2, 0.25) is 0 Å². The van der Waals surface area contributed by atoms with Gasteiger partial charge in [0.25, 0.3) is 0 Å². The van der Waals surface area contributed by atoms with Crippen LogP contribution in [0.5, 0.6) is 5.88 Å². The normalized spacial score (nSPS) is 19.9. The number of carbonyl (C=O) groups is 1. The van der Waals surface area contributed by atoms with Crippen LogP contribution in [0.3, 0.4) is 0 Å². The summed E-state index contributed by atoms with van der Waals surface area (Å²) in [6.45, 7) is 1.26. The first kappa shape index (κ1) is 10.7. The van der Waals surface area contributed by atoms with Gasteiger partial charge >= 0.3 is 0 Å². The molecule has 17 heavy (non-hydrogen) atoms. The molecule has 6 heteroatoms. The summed E-state index contributed by atoms with van der Waals surface area (Å²) in [6.07, 6.45) is 4.81. The van der Waals surface area contributed by atoms with Crippen molar-refractivity contribution in [1.82, 2.24) is 9.38 Å². The van der Waals surface area contributed by atoms with Crippen molar-refractivity contribution in [3.63, 3.8) is 0 Å². The van der Waals surface area contributed by atoms with E-state index in [1.54, 1.807) is 4.40 Å². The summed E-state index contributed by atoms with van der Waals surface area (Å²) in [6, 6.07) is 0. The lowest BCUT2D eigenvalue weighted by molar-refractivity contribution is 0.0660. The van der Waals surface area contributed by atoms with Gasteiger partial charge in [-0.15, -0.1) is 11.3 Å². The van der Waals surface area contributed by atoms with Gasteiger partial charge in [0.2, 0.25) is 5.88 Å². The lowest BCUT2D eigenvalue weighted by atomic mass is 10.2. The maximum absolute atomic E-state index is 11.0. The monoisotopic (exact) mass is 252 g/mol. The summed E-state index contributed by atoms with van der Waals surface area (Å²) < 4.78 is 12.8. The number of aromatic nitrogens is 2. The molecule has 90 valence electrons. The Morgan fingerprint density at radius 1 is 1.71 bits per heavy atom. The molecule has 1 fully saturated rings. The fourth-order valence-electron chi connectivity index (χ4n) is 1.94. The Labute approximate surface area is 102 Å². The van der Waals surface area contributed by atoms with Crippen LogP contribution in [0.4, 0.5) is 0 Å². The van der Waals surface area contributed by atoms with Crippen molar-refractivity contribution in [3.8, 4) is 5.88 Å². The maximum Gasteiger partial charge on any atom is 0.244 e. The van der Waals surface area contributed by atoms with Gasteiger partial charge in [0.15, 0.2) is 16.9 Å². The molecule has 1 aliphatic heterocycles. The molecule has 0 N–H and O–H groups in total. The van der Waals surface area contributed by atoms with E-state index < -0.39 is 0 Å². The van der Waals surface area contributed by atoms with Crippen LogP contribution in [0.15, 0.2) is 11.6 Å². The highest BCUT2D eigenvalue weighted by Crippen LogP contribution is 2.22. The van der Waals surface area contributed by atoms with Gasteiger partial charge < -0.3 is 9.47 Å². The first-order chi connectivity index (χ1) is 8.38. The van der Waals surface area contributed by atoms with E-state index >= 15 is 0 Å². The van der Waals surface area contributed by atoms with E-state index in [0.717, 1.165) is 30.7 Å². The first-order valence-electron chi connectivity index (χ1n) is 5.53. The van der Waals surface area contributed by atoms with Gasteiger partial charge in [-0.25, -0.2) is 0 Å². The minimum atomic E-state index is 0.134. The highest BCUT2D eigenvalue weighted by Gasteiger charge is 2.19. The van der Waals surface area contributed by atoms with Gasteiger partial charge in [0, 0.05) is 18.2 Å². The Kier molecular flexibility index (Phi) is 2.82. The second kappa shape index (κ2) is 4.46. The van der Waals surface area contributed by atoms with Crippen molar-refractivity contribution < 1.29 is 14.3 Å². The summed E-state index contributed by atoms with van der Waals surface area (Å²) in [7, 11) is 0. The van der Waals surface area contributed by atoms with Crippen molar-refractivity contribution >= 4 is 22.6 Å². The number of hydrogen-bond acceptors (Lipinski definition) is 5. The molecule has 3 heterocycles. The van der Waals surface area contributed by atoms with Gasteiger partial charge in [-0.2, -0.15) is 4.98 Å². The maximum atomic E-state index is 11.0. The highest BCUT2D eigenvalue weighted by atomic mass is 32.1. The van der Waals surface area contributed by atoms with Crippen molar-refractivity contribution in [1.29, 1.82) is 0 Å². The Bertz CT molecular complexity index is 528. The van der Waals surface area contributed by atoms with Crippen molar-refractivity contribution in [3.05, 3.63) is 17.3 Å². The van der Waals surface area contributed by atoms with E-state index in [0.29, 0.717) is 18.2 Å². The van der Waals surface area contributed by atoms with Crippen molar-refractivity contribution in [2.45, 2.75) is 18.9 Å². The van der Waals surface area contributed by atoms with E-state index in [1.165, 1.54) is 11.3 Å². The Morgan fingerprint density at radius 3 is 3.41 bits per heavy atom. The molecule has 3 rings (SSSR count).